The second-order valence-corrected chi connectivity index (χ2v) is 6.94. The summed E-state index contributed by atoms with van der Waals surface area (Å²) in [5.41, 5.74) is 1.66. The van der Waals surface area contributed by atoms with Gasteiger partial charge in [0.25, 0.3) is 5.91 Å². The van der Waals surface area contributed by atoms with Gasteiger partial charge in [-0.25, -0.2) is 0 Å². The van der Waals surface area contributed by atoms with Gasteiger partial charge in [0, 0.05) is 12.7 Å². The van der Waals surface area contributed by atoms with E-state index in [1.807, 2.05) is 32.0 Å². The number of carbonyl (C=O) groups is 1. The van der Waals surface area contributed by atoms with Crippen LogP contribution in [0.1, 0.15) is 16.7 Å². The van der Waals surface area contributed by atoms with Crippen LogP contribution in [0, 0.1) is 13.8 Å². The fourth-order valence-electron chi connectivity index (χ4n) is 3.14. The lowest BCUT2D eigenvalue weighted by Gasteiger charge is -2.28. The lowest BCUT2D eigenvalue weighted by molar-refractivity contribution is -0.276. The van der Waals surface area contributed by atoms with Crippen molar-refractivity contribution in [1.29, 1.82) is 0 Å². The van der Waals surface area contributed by atoms with Crippen molar-refractivity contribution in [3.05, 3.63) is 76.5 Å². The number of para-hydroxylation sites is 1. The van der Waals surface area contributed by atoms with Gasteiger partial charge in [-0.05, 0) is 37.1 Å². The summed E-state index contributed by atoms with van der Waals surface area (Å²) in [4.78, 5) is 18.0. The summed E-state index contributed by atoms with van der Waals surface area (Å²) in [6, 6.07) is 14.0. The first-order chi connectivity index (χ1) is 13.7. The third-order valence-electron chi connectivity index (χ3n) is 4.59. The number of nitrogens with zero attached hydrogens (tertiary/aromatic N) is 2. The quantitative estimate of drug-likeness (QED) is 0.803. The first-order valence-corrected chi connectivity index (χ1v) is 9.04. The summed E-state index contributed by atoms with van der Waals surface area (Å²) >= 11 is 0. The van der Waals surface area contributed by atoms with Crippen LogP contribution < -0.4 is 5.32 Å². The van der Waals surface area contributed by atoms with E-state index in [0.717, 1.165) is 16.7 Å². The van der Waals surface area contributed by atoms with Crippen LogP contribution in [0.25, 0.3) is 0 Å². The van der Waals surface area contributed by atoms with Gasteiger partial charge in [-0.2, -0.15) is 23.4 Å². The van der Waals surface area contributed by atoms with Crippen molar-refractivity contribution in [1.82, 2.24) is 10.2 Å². The number of hydrogen-bond donors (Lipinski definition) is 1. The number of aryl methyl sites for hydroxylation is 2. The van der Waals surface area contributed by atoms with Crippen LogP contribution in [0.5, 0.6) is 0 Å². The van der Waals surface area contributed by atoms with Crippen LogP contribution in [0.2, 0.25) is 0 Å². The smallest absolute Gasteiger partial charge is 0.322 e. The average Bonchev–Trinajstić information content (AvgIpc) is 2.99. The summed E-state index contributed by atoms with van der Waals surface area (Å²) in [5, 5.41) is 4.40. The molecule has 0 aliphatic carbocycles. The van der Waals surface area contributed by atoms with Crippen LogP contribution in [-0.2, 0) is 16.2 Å². The molecule has 1 aliphatic heterocycles. The Labute approximate surface area is 167 Å². The third kappa shape index (κ3) is 4.78. The summed E-state index contributed by atoms with van der Waals surface area (Å²) in [5.74, 6) is -0.812. The Hall–Kier alpha value is -2.84. The second kappa shape index (κ2) is 8.26. The van der Waals surface area contributed by atoms with Crippen molar-refractivity contribution in [3.63, 3.8) is 0 Å². The van der Waals surface area contributed by atoms with Gasteiger partial charge in [0.05, 0.1) is 12.1 Å². The number of rotatable bonds is 5. The Morgan fingerprint density at radius 1 is 1.14 bits per heavy atom. The van der Waals surface area contributed by atoms with Crippen molar-refractivity contribution in [2.75, 3.05) is 18.9 Å². The predicted octanol–water partition coefficient (Wildman–Crippen LogP) is 4.35. The zero-order valence-corrected chi connectivity index (χ0v) is 16.4. The van der Waals surface area contributed by atoms with E-state index >= 15 is 0 Å². The van der Waals surface area contributed by atoms with Crippen molar-refractivity contribution >= 4 is 11.6 Å². The molecule has 1 aliphatic rings. The molecule has 0 aromatic heterocycles. The molecule has 1 amide bonds. The van der Waals surface area contributed by atoms with Gasteiger partial charge in [-0.3, -0.25) is 9.63 Å². The minimum Gasteiger partial charge on any atom is -0.322 e. The molecule has 0 radical (unpaired) electrons. The zero-order valence-electron chi connectivity index (χ0n) is 16.4. The van der Waals surface area contributed by atoms with Crippen molar-refractivity contribution < 1.29 is 22.8 Å². The first-order valence-electron chi connectivity index (χ1n) is 9.04. The Bertz CT molecular complexity index is 927. The van der Waals surface area contributed by atoms with Crippen molar-refractivity contribution in [2.45, 2.75) is 26.6 Å². The number of likely N-dealkylation sites (N-methyl/N-ethyl adjacent to an activating group) is 1. The van der Waals surface area contributed by atoms with Crippen LogP contribution in [0.15, 0.2) is 59.8 Å². The fourth-order valence-corrected chi connectivity index (χ4v) is 3.14. The van der Waals surface area contributed by atoms with Crippen LogP contribution in [0.3, 0.4) is 0 Å². The Kier molecular flexibility index (Phi) is 5.95. The minimum atomic E-state index is -4.75. The largest absolute Gasteiger partial charge is 0.435 e. The van der Waals surface area contributed by atoms with Gasteiger partial charge < -0.3 is 5.32 Å². The maximum Gasteiger partial charge on any atom is 0.435 e. The van der Waals surface area contributed by atoms with Gasteiger partial charge in [-0.15, -0.1) is 0 Å². The molecule has 1 heterocycles. The van der Waals surface area contributed by atoms with E-state index in [-0.39, 0.29) is 13.2 Å². The highest BCUT2D eigenvalue weighted by Gasteiger charge is 2.48. The molecule has 0 bridgehead atoms. The molecule has 5 nitrogen and oxygen atoms in total. The highest BCUT2D eigenvalue weighted by molar-refractivity contribution is 6.04. The third-order valence-corrected chi connectivity index (χ3v) is 4.59. The number of anilines is 1. The number of nitrogens with one attached hydrogen (secondary N) is 1. The van der Waals surface area contributed by atoms with E-state index in [1.54, 1.807) is 30.3 Å². The van der Waals surface area contributed by atoms with Gasteiger partial charge >= 0.3 is 6.18 Å². The average molecular weight is 405 g/mol. The Balaban J connectivity index is 1.84. The second-order valence-electron chi connectivity index (χ2n) is 6.94. The lowest BCUT2D eigenvalue weighted by Crippen LogP contribution is -2.38. The highest BCUT2D eigenvalue weighted by atomic mass is 19.4. The molecule has 3 rings (SSSR count). The van der Waals surface area contributed by atoms with E-state index in [1.165, 1.54) is 12.1 Å². The summed E-state index contributed by atoms with van der Waals surface area (Å²) in [7, 11) is 1.44. The SMILES string of the molecule is Cc1ccc(CON2C(C(F)(F)F)=C(C(=O)Nc3ccccc3)CN2C)c(C)c1. The molecule has 154 valence electrons. The highest BCUT2D eigenvalue weighted by Crippen LogP contribution is 2.37. The van der Waals surface area contributed by atoms with E-state index in [2.05, 4.69) is 5.32 Å². The maximum absolute atomic E-state index is 13.8. The summed E-state index contributed by atoms with van der Waals surface area (Å²) in [6.45, 7) is 3.54. The van der Waals surface area contributed by atoms with E-state index < -0.39 is 23.4 Å². The monoisotopic (exact) mass is 405 g/mol. The standard InChI is InChI=1S/C21H22F3N3O2/c1-14-9-10-16(15(2)11-14)13-29-27-19(21(22,23)24)18(12-26(27)3)20(28)25-17-7-5-4-6-8-17/h4-11H,12-13H2,1-3H3,(H,25,28). The number of benzene rings is 2. The molecule has 0 atom stereocenters. The number of alkyl halides is 3. The Morgan fingerprint density at radius 3 is 2.45 bits per heavy atom. The molecule has 29 heavy (non-hydrogen) atoms. The first kappa shape index (κ1) is 20.9. The fraction of sp³-hybridized carbons (Fsp3) is 0.286. The number of hydrogen-bond acceptors (Lipinski definition) is 4. The zero-order chi connectivity index (χ0) is 21.2. The molecule has 0 unspecified atom stereocenters. The molecule has 0 spiro atoms. The van der Waals surface area contributed by atoms with Crippen LogP contribution in [0.4, 0.5) is 18.9 Å². The topological polar surface area (TPSA) is 44.8 Å². The molecular formula is C21H22F3N3O2. The molecule has 0 fully saturated rings. The number of halogens is 3. The molecule has 2 aromatic carbocycles. The van der Waals surface area contributed by atoms with Gasteiger partial charge in [0.15, 0.2) is 5.70 Å². The summed E-state index contributed by atoms with van der Waals surface area (Å²) < 4.78 is 41.4. The van der Waals surface area contributed by atoms with Crippen molar-refractivity contribution in [2.24, 2.45) is 0 Å². The van der Waals surface area contributed by atoms with Crippen LogP contribution >= 0.6 is 0 Å². The molecule has 0 saturated carbocycles. The van der Waals surface area contributed by atoms with Gasteiger partial charge in [0.1, 0.15) is 6.61 Å². The number of allylic oxidation sites excluding steroid dienone is 1. The minimum absolute atomic E-state index is 0.0520. The van der Waals surface area contributed by atoms with E-state index in [9.17, 15) is 18.0 Å². The Morgan fingerprint density at radius 2 is 1.83 bits per heavy atom. The predicted molar refractivity (Wildman–Crippen MR) is 103 cm³/mol. The molecule has 0 saturated heterocycles. The lowest BCUT2D eigenvalue weighted by atomic mass is 10.1. The van der Waals surface area contributed by atoms with Gasteiger partial charge in [-0.1, -0.05) is 42.0 Å². The van der Waals surface area contributed by atoms with Gasteiger partial charge in [0.2, 0.25) is 0 Å². The number of hydroxylamine groups is 1. The molecule has 2 aromatic rings. The van der Waals surface area contributed by atoms with E-state index in [4.69, 9.17) is 4.84 Å². The normalized spacial score (nSPS) is 15.2. The van der Waals surface area contributed by atoms with Crippen LogP contribution in [-0.4, -0.2) is 35.9 Å². The maximum atomic E-state index is 13.8. The van der Waals surface area contributed by atoms with Crippen molar-refractivity contribution in [3.8, 4) is 0 Å². The number of carbonyl (C=O) groups excluding carboxylic acids is 1. The summed E-state index contributed by atoms with van der Waals surface area (Å²) in [6.07, 6.45) is -4.75. The molecule has 1 N–H and O–H groups in total. The van der Waals surface area contributed by atoms with E-state index in [0.29, 0.717) is 10.9 Å². The molecular weight excluding hydrogens is 383 g/mol. The molecule has 8 heteroatoms. The number of hydrazine groups is 1. The number of amides is 1.